The minimum absolute atomic E-state index is 0.250. The number of aromatic nitrogens is 2. The van der Waals surface area contributed by atoms with Gasteiger partial charge in [-0.25, -0.2) is 9.37 Å². The van der Waals surface area contributed by atoms with Crippen molar-refractivity contribution in [3.8, 4) is 5.75 Å². The Morgan fingerprint density at radius 2 is 2.07 bits per heavy atom. The molecule has 3 rings (SSSR count). The highest BCUT2D eigenvalue weighted by atomic mass is 19.1. The Morgan fingerprint density at radius 3 is 2.72 bits per heavy atom. The van der Waals surface area contributed by atoms with E-state index in [0.717, 1.165) is 5.56 Å². The molecule has 0 radical (unpaired) electrons. The Hall–Kier alpha value is -2.78. The van der Waals surface area contributed by atoms with Gasteiger partial charge < -0.3 is 20.5 Å². The van der Waals surface area contributed by atoms with Gasteiger partial charge in [0, 0.05) is 6.54 Å². The molecule has 8 nitrogen and oxygen atoms in total. The molecule has 156 valence electrons. The van der Waals surface area contributed by atoms with Gasteiger partial charge >= 0.3 is 0 Å². The third kappa shape index (κ3) is 4.46. The number of halogens is 1. The molecule has 0 saturated carbocycles. The molecule has 3 N–H and O–H groups in total. The van der Waals surface area contributed by atoms with Gasteiger partial charge in [-0.05, 0) is 37.6 Å². The fraction of sp³-hybridized carbons (Fsp3) is 0.450. The van der Waals surface area contributed by atoms with Crippen molar-refractivity contribution in [1.82, 2.24) is 20.2 Å². The minimum atomic E-state index is -0.678. The number of carbonyl (C=O) groups excluding carboxylic acids is 1. The number of nitrogens with one attached hydrogen (secondary N) is 2. The van der Waals surface area contributed by atoms with Gasteiger partial charge in [-0.15, -0.1) is 0 Å². The summed E-state index contributed by atoms with van der Waals surface area (Å²) >= 11 is 0. The smallest absolute Gasteiger partial charge is 0.296 e. The lowest BCUT2D eigenvalue weighted by atomic mass is 10.1. The molecule has 0 unspecified atom stereocenters. The molecule has 29 heavy (non-hydrogen) atoms. The van der Waals surface area contributed by atoms with Crippen molar-refractivity contribution in [2.75, 3.05) is 26.8 Å². The van der Waals surface area contributed by atoms with E-state index in [9.17, 15) is 19.1 Å². The van der Waals surface area contributed by atoms with Crippen molar-refractivity contribution in [3.63, 3.8) is 0 Å². The number of hydrogen-bond donors (Lipinski definition) is 3. The Balaban J connectivity index is 1.84. The first-order valence-electron chi connectivity index (χ1n) is 9.59. The van der Waals surface area contributed by atoms with E-state index < -0.39 is 17.2 Å². The van der Waals surface area contributed by atoms with Gasteiger partial charge in [0.15, 0.2) is 5.69 Å². The number of rotatable bonds is 6. The highest BCUT2D eigenvalue weighted by molar-refractivity contribution is 5.94. The average molecular weight is 404 g/mol. The predicted molar refractivity (Wildman–Crippen MR) is 105 cm³/mol. The summed E-state index contributed by atoms with van der Waals surface area (Å²) < 4.78 is 20.0. The standard InChI is InChI=1S/C20H25FN4O4/c1-3-14-10-29-11-15(22-2)18-24-16(17(26)20(28)25(14)18)19(27)23-9-8-12-4-6-13(21)7-5-12/h4-7,14-15,22,26H,3,8-11H2,1-2H3,(H,23,27)/t14-,15+/m0/s1. The number of hydrogen-bond acceptors (Lipinski definition) is 6. The minimum Gasteiger partial charge on any atom is -0.501 e. The number of nitrogens with zero attached hydrogens (tertiary/aromatic N) is 2. The van der Waals surface area contributed by atoms with Gasteiger partial charge in [0.2, 0.25) is 5.75 Å². The van der Waals surface area contributed by atoms with Crippen molar-refractivity contribution in [2.24, 2.45) is 0 Å². The van der Waals surface area contributed by atoms with E-state index in [4.69, 9.17) is 4.74 Å². The summed E-state index contributed by atoms with van der Waals surface area (Å²) in [4.78, 5) is 29.7. The molecule has 2 atom stereocenters. The van der Waals surface area contributed by atoms with Crippen molar-refractivity contribution in [3.05, 3.63) is 57.5 Å². The van der Waals surface area contributed by atoms with E-state index in [2.05, 4.69) is 15.6 Å². The molecule has 1 aromatic carbocycles. The van der Waals surface area contributed by atoms with Crippen LogP contribution in [0, 0.1) is 5.82 Å². The number of likely N-dealkylation sites (N-methyl/N-ethyl adjacent to an activating group) is 1. The maximum atomic E-state index is 13.0. The lowest BCUT2D eigenvalue weighted by molar-refractivity contribution is 0.0944. The Kier molecular flexibility index (Phi) is 6.60. The first kappa shape index (κ1) is 20.9. The SMILES string of the molecule is CC[C@H]1COC[C@@H](NC)c2nc(C(=O)NCCc3ccc(F)cc3)c(O)c(=O)n21. The Bertz CT molecular complexity index is 929. The zero-order chi connectivity index (χ0) is 21.0. The summed E-state index contributed by atoms with van der Waals surface area (Å²) in [6.45, 7) is 2.79. The summed E-state index contributed by atoms with van der Waals surface area (Å²) in [5, 5.41) is 16.1. The second-order valence-corrected chi connectivity index (χ2v) is 6.92. The summed E-state index contributed by atoms with van der Waals surface area (Å²) in [6.07, 6.45) is 1.09. The summed E-state index contributed by atoms with van der Waals surface area (Å²) in [5.74, 6) is -1.28. The number of amides is 1. The fourth-order valence-corrected chi connectivity index (χ4v) is 3.34. The largest absolute Gasteiger partial charge is 0.501 e. The van der Waals surface area contributed by atoms with Crippen molar-refractivity contribution < 1.29 is 19.0 Å². The third-order valence-electron chi connectivity index (χ3n) is 5.04. The maximum Gasteiger partial charge on any atom is 0.296 e. The molecular formula is C20H25FN4O4. The normalized spacial score (nSPS) is 18.7. The molecule has 1 aliphatic rings. The predicted octanol–water partition coefficient (Wildman–Crippen LogP) is 1.30. The quantitative estimate of drug-likeness (QED) is 0.670. The van der Waals surface area contributed by atoms with Gasteiger partial charge in [-0.3, -0.25) is 14.2 Å². The molecule has 2 aromatic rings. The Labute approximate surface area is 167 Å². The van der Waals surface area contributed by atoms with Gasteiger partial charge in [-0.2, -0.15) is 0 Å². The van der Waals surface area contributed by atoms with Crippen LogP contribution in [0.4, 0.5) is 4.39 Å². The van der Waals surface area contributed by atoms with E-state index in [0.29, 0.717) is 31.9 Å². The van der Waals surface area contributed by atoms with E-state index in [1.165, 1.54) is 16.7 Å². The molecule has 0 aliphatic carbocycles. The van der Waals surface area contributed by atoms with Crippen LogP contribution in [0.15, 0.2) is 29.1 Å². The molecular weight excluding hydrogens is 379 g/mol. The van der Waals surface area contributed by atoms with Crippen LogP contribution >= 0.6 is 0 Å². The van der Waals surface area contributed by atoms with Gasteiger partial charge in [-0.1, -0.05) is 19.1 Å². The highest BCUT2D eigenvalue weighted by Gasteiger charge is 2.30. The second kappa shape index (κ2) is 9.15. The maximum absolute atomic E-state index is 13.0. The van der Waals surface area contributed by atoms with Gasteiger partial charge in [0.25, 0.3) is 11.5 Å². The summed E-state index contributed by atoms with van der Waals surface area (Å²) in [7, 11) is 1.71. The monoisotopic (exact) mass is 404 g/mol. The molecule has 0 spiro atoms. The Morgan fingerprint density at radius 1 is 1.34 bits per heavy atom. The lowest BCUT2D eigenvalue weighted by Crippen LogP contribution is -2.36. The van der Waals surface area contributed by atoms with E-state index in [1.54, 1.807) is 19.2 Å². The molecule has 1 aliphatic heterocycles. The molecule has 0 fully saturated rings. The molecule has 9 heteroatoms. The first-order valence-corrected chi connectivity index (χ1v) is 9.59. The van der Waals surface area contributed by atoms with Crippen LogP contribution in [0.25, 0.3) is 0 Å². The zero-order valence-corrected chi connectivity index (χ0v) is 16.4. The van der Waals surface area contributed by atoms with Crippen LogP contribution in [-0.4, -0.2) is 47.4 Å². The van der Waals surface area contributed by atoms with E-state index in [1.807, 2.05) is 6.92 Å². The van der Waals surface area contributed by atoms with Gasteiger partial charge in [0.1, 0.15) is 11.6 Å². The van der Waals surface area contributed by atoms with Crippen LogP contribution in [0.2, 0.25) is 0 Å². The van der Waals surface area contributed by atoms with Crippen LogP contribution in [0.1, 0.15) is 47.3 Å². The number of fused-ring (bicyclic) bond motifs is 1. The number of aromatic hydroxyl groups is 1. The fourth-order valence-electron chi connectivity index (χ4n) is 3.34. The molecule has 0 bridgehead atoms. The van der Waals surface area contributed by atoms with Crippen molar-refractivity contribution in [2.45, 2.75) is 31.8 Å². The van der Waals surface area contributed by atoms with Crippen LogP contribution in [0.3, 0.4) is 0 Å². The van der Waals surface area contributed by atoms with Gasteiger partial charge in [0.05, 0.1) is 25.3 Å². The van der Waals surface area contributed by atoms with Crippen LogP contribution in [0.5, 0.6) is 5.75 Å². The molecule has 0 saturated heterocycles. The van der Waals surface area contributed by atoms with Crippen LogP contribution in [-0.2, 0) is 11.2 Å². The molecule has 1 aromatic heterocycles. The topological polar surface area (TPSA) is 105 Å². The third-order valence-corrected chi connectivity index (χ3v) is 5.04. The van der Waals surface area contributed by atoms with Crippen LogP contribution < -0.4 is 16.2 Å². The number of carbonyl (C=O) groups is 1. The lowest BCUT2D eigenvalue weighted by Gasteiger charge is -2.21. The highest BCUT2D eigenvalue weighted by Crippen LogP contribution is 2.24. The van der Waals surface area contributed by atoms with E-state index in [-0.39, 0.29) is 30.1 Å². The van der Waals surface area contributed by atoms with Crippen molar-refractivity contribution in [1.29, 1.82) is 0 Å². The zero-order valence-electron chi connectivity index (χ0n) is 16.4. The van der Waals surface area contributed by atoms with E-state index >= 15 is 0 Å². The second-order valence-electron chi connectivity index (χ2n) is 6.92. The first-order chi connectivity index (χ1) is 14.0. The summed E-state index contributed by atoms with van der Waals surface area (Å²) in [6, 6.07) is 5.31. The molecule has 2 heterocycles. The summed E-state index contributed by atoms with van der Waals surface area (Å²) in [5.41, 5.74) is -0.113. The number of benzene rings is 1. The van der Waals surface area contributed by atoms with Crippen molar-refractivity contribution >= 4 is 5.91 Å². The molecule has 1 amide bonds. The average Bonchev–Trinajstić information content (AvgIpc) is 2.90. The number of ether oxygens (including phenoxy) is 1.